The standard InChI is InChI=1S/C14H13Cl2NO/c15-11-6-2-1-5-10(11)12(16)9-14(18)13-7-3-4-8-17-13/h1-8,12,14,18H,9H2/t12-,14-/m0/s1. The van der Waals surface area contributed by atoms with Crippen molar-refractivity contribution >= 4 is 23.2 Å². The molecule has 0 radical (unpaired) electrons. The van der Waals surface area contributed by atoms with Gasteiger partial charge in [0.2, 0.25) is 0 Å². The van der Waals surface area contributed by atoms with Crippen LogP contribution in [-0.2, 0) is 0 Å². The fraction of sp³-hybridized carbons (Fsp3) is 0.214. The van der Waals surface area contributed by atoms with Crippen LogP contribution in [0.3, 0.4) is 0 Å². The molecule has 2 rings (SSSR count). The van der Waals surface area contributed by atoms with Gasteiger partial charge in [0, 0.05) is 11.2 Å². The molecule has 1 N–H and O–H groups in total. The van der Waals surface area contributed by atoms with Gasteiger partial charge in [-0.1, -0.05) is 35.9 Å². The Balaban J connectivity index is 2.08. The zero-order valence-corrected chi connectivity index (χ0v) is 11.1. The maximum absolute atomic E-state index is 10.1. The molecule has 1 heterocycles. The lowest BCUT2D eigenvalue weighted by Gasteiger charge is -2.15. The van der Waals surface area contributed by atoms with Crippen LogP contribution in [0.1, 0.15) is 29.2 Å². The smallest absolute Gasteiger partial charge is 0.0977 e. The maximum atomic E-state index is 10.1. The van der Waals surface area contributed by atoms with Gasteiger partial charge in [0.25, 0.3) is 0 Å². The van der Waals surface area contributed by atoms with Crippen molar-refractivity contribution in [1.82, 2.24) is 4.98 Å². The number of nitrogens with zero attached hydrogens (tertiary/aromatic N) is 1. The summed E-state index contributed by atoms with van der Waals surface area (Å²) in [7, 11) is 0. The Kier molecular flexibility index (Phi) is 4.59. The summed E-state index contributed by atoms with van der Waals surface area (Å²) in [6, 6.07) is 12.8. The molecule has 1 aromatic carbocycles. The highest BCUT2D eigenvalue weighted by atomic mass is 35.5. The summed E-state index contributed by atoms with van der Waals surface area (Å²) in [5, 5.41) is 10.3. The Morgan fingerprint density at radius 2 is 1.83 bits per heavy atom. The van der Waals surface area contributed by atoms with Gasteiger partial charge in [-0.25, -0.2) is 0 Å². The van der Waals surface area contributed by atoms with Crippen LogP contribution in [0.4, 0.5) is 0 Å². The normalized spacial score (nSPS) is 14.2. The monoisotopic (exact) mass is 281 g/mol. The topological polar surface area (TPSA) is 33.1 Å². The number of hydrogen-bond donors (Lipinski definition) is 1. The van der Waals surface area contributed by atoms with Crippen LogP contribution in [-0.4, -0.2) is 10.1 Å². The molecule has 0 bridgehead atoms. The molecule has 0 fully saturated rings. The molecule has 0 unspecified atom stereocenters. The van der Waals surface area contributed by atoms with Crippen molar-refractivity contribution in [3.8, 4) is 0 Å². The molecule has 0 amide bonds. The van der Waals surface area contributed by atoms with Gasteiger partial charge in [0.15, 0.2) is 0 Å². The van der Waals surface area contributed by atoms with Crippen molar-refractivity contribution in [3.05, 3.63) is 64.9 Å². The van der Waals surface area contributed by atoms with E-state index in [0.29, 0.717) is 17.1 Å². The van der Waals surface area contributed by atoms with E-state index >= 15 is 0 Å². The van der Waals surface area contributed by atoms with Gasteiger partial charge in [0.05, 0.1) is 17.2 Å². The number of aliphatic hydroxyl groups excluding tert-OH is 1. The number of rotatable bonds is 4. The van der Waals surface area contributed by atoms with Crippen LogP contribution in [0.5, 0.6) is 0 Å². The van der Waals surface area contributed by atoms with Gasteiger partial charge < -0.3 is 5.11 Å². The minimum atomic E-state index is -0.690. The van der Waals surface area contributed by atoms with Crippen molar-refractivity contribution in [3.63, 3.8) is 0 Å². The van der Waals surface area contributed by atoms with Crippen LogP contribution >= 0.6 is 23.2 Å². The zero-order chi connectivity index (χ0) is 13.0. The van der Waals surface area contributed by atoms with E-state index in [2.05, 4.69) is 4.98 Å². The number of benzene rings is 1. The van der Waals surface area contributed by atoms with Crippen molar-refractivity contribution < 1.29 is 5.11 Å². The van der Waals surface area contributed by atoms with Crippen LogP contribution in [0.2, 0.25) is 5.02 Å². The molecule has 0 saturated heterocycles. The molecule has 0 aliphatic rings. The highest BCUT2D eigenvalue weighted by Crippen LogP contribution is 2.34. The van der Waals surface area contributed by atoms with E-state index in [4.69, 9.17) is 23.2 Å². The Labute approximate surface area is 116 Å². The second-order valence-corrected chi connectivity index (χ2v) is 4.93. The number of halogens is 2. The van der Waals surface area contributed by atoms with Gasteiger partial charge in [-0.3, -0.25) is 4.98 Å². The van der Waals surface area contributed by atoms with Gasteiger partial charge in [-0.05, 0) is 30.2 Å². The van der Waals surface area contributed by atoms with Crippen molar-refractivity contribution in [1.29, 1.82) is 0 Å². The Hall–Kier alpha value is -1.09. The van der Waals surface area contributed by atoms with Crippen molar-refractivity contribution in [2.75, 3.05) is 0 Å². The van der Waals surface area contributed by atoms with E-state index in [1.807, 2.05) is 30.3 Å². The molecule has 94 valence electrons. The third kappa shape index (κ3) is 3.22. The average Bonchev–Trinajstić information content (AvgIpc) is 2.40. The fourth-order valence-corrected chi connectivity index (χ4v) is 2.43. The lowest BCUT2D eigenvalue weighted by atomic mass is 10.0. The van der Waals surface area contributed by atoms with E-state index in [-0.39, 0.29) is 5.38 Å². The van der Waals surface area contributed by atoms with Crippen LogP contribution in [0.25, 0.3) is 0 Å². The lowest BCUT2D eigenvalue weighted by molar-refractivity contribution is 0.161. The highest BCUT2D eigenvalue weighted by Gasteiger charge is 2.18. The summed E-state index contributed by atoms with van der Waals surface area (Å²) in [6.07, 6.45) is 1.34. The van der Waals surface area contributed by atoms with E-state index in [1.54, 1.807) is 18.3 Å². The molecule has 0 aliphatic heterocycles. The third-order valence-electron chi connectivity index (χ3n) is 2.70. The number of aliphatic hydroxyl groups is 1. The molecule has 2 aromatic rings. The van der Waals surface area contributed by atoms with Gasteiger partial charge in [0.1, 0.15) is 0 Å². The van der Waals surface area contributed by atoms with Gasteiger partial charge in [-0.2, -0.15) is 0 Å². The Morgan fingerprint density at radius 3 is 2.50 bits per heavy atom. The van der Waals surface area contributed by atoms with Gasteiger partial charge in [-0.15, -0.1) is 11.6 Å². The molecule has 0 spiro atoms. The molecular weight excluding hydrogens is 269 g/mol. The van der Waals surface area contributed by atoms with E-state index in [9.17, 15) is 5.11 Å². The predicted octanol–water partition coefficient (Wildman–Crippen LogP) is 4.14. The molecule has 4 heteroatoms. The first-order chi connectivity index (χ1) is 8.68. The third-order valence-corrected chi connectivity index (χ3v) is 3.46. The minimum absolute atomic E-state index is 0.337. The zero-order valence-electron chi connectivity index (χ0n) is 9.63. The lowest BCUT2D eigenvalue weighted by Crippen LogP contribution is -2.04. The van der Waals surface area contributed by atoms with Crippen molar-refractivity contribution in [2.24, 2.45) is 0 Å². The molecule has 0 aliphatic carbocycles. The summed E-state index contributed by atoms with van der Waals surface area (Å²) in [5.74, 6) is 0. The van der Waals surface area contributed by atoms with Crippen molar-refractivity contribution in [2.45, 2.75) is 17.9 Å². The fourth-order valence-electron chi connectivity index (χ4n) is 1.75. The van der Waals surface area contributed by atoms with Crippen LogP contribution < -0.4 is 0 Å². The maximum Gasteiger partial charge on any atom is 0.0977 e. The second kappa shape index (κ2) is 6.19. The van der Waals surface area contributed by atoms with Crippen LogP contribution in [0.15, 0.2) is 48.7 Å². The first-order valence-corrected chi connectivity index (χ1v) is 6.47. The van der Waals surface area contributed by atoms with Crippen LogP contribution in [0, 0.1) is 0 Å². The SMILES string of the molecule is O[C@@H](C[C@H](Cl)c1ccccc1Cl)c1ccccn1. The molecule has 2 atom stereocenters. The number of aromatic nitrogens is 1. The van der Waals surface area contributed by atoms with E-state index in [1.165, 1.54) is 0 Å². The summed E-state index contributed by atoms with van der Waals surface area (Å²) >= 11 is 12.4. The second-order valence-electron chi connectivity index (χ2n) is 4.00. The summed E-state index contributed by atoms with van der Waals surface area (Å²) < 4.78 is 0. The highest BCUT2D eigenvalue weighted by molar-refractivity contribution is 6.32. The largest absolute Gasteiger partial charge is 0.387 e. The first-order valence-electron chi connectivity index (χ1n) is 5.66. The summed E-state index contributed by atoms with van der Waals surface area (Å²) in [4.78, 5) is 4.11. The summed E-state index contributed by atoms with van der Waals surface area (Å²) in [6.45, 7) is 0. The number of hydrogen-bond acceptors (Lipinski definition) is 2. The minimum Gasteiger partial charge on any atom is -0.387 e. The number of alkyl halides is 1. The summed E-state index contributed by atoms with van der Waals surface area (Å²) in [5.41, 5.74) is 1.45. The first kappa shape index (κ1) is 13.3. The Bertz CT molecular complexity index is 504. The molecule has 18 heavy (non-hydrogen) atoms. The molecule has 2 nitrogen and oxygen atoms in total. The number of pyridine rings is 1. The Morgan fingerprint density at radius 1 is 1.11 bits per heavy atom. The van der Waals surface area contributed by atoms with Gasteiger partial charge >= 0.3 is 0 Å². The quantitative estimate of drug-likeness (QED) is 0.855. The average molecular weight is 282 g/mol. The van der Waals surface area contributed by atoms with E-state index < -0.39 is 6.10 Å². The molecule has 1 aromatic heterocycles. The molecular formula is C14H13Cl2NO. The molecule has 0 saturated carbocycles. The predicted molar refractivity (Wildman–Crippen MR) is 73.9 cm³/mol. The van der Waals surface area contributed by atoms with E-state index in [0.717, 1.165) is 5.56 Å².